The number of benzene rings is 3. The number of esters is 1. The summed E-state index contributed by atoms with van der Waals surface area (Å²) in [5.74, 6) is -0.559. The number of hydrogen-bond donors (Lipinski definition) is 0. The average molecular weight is 534 g/mol. The Bertz CT molecular complexity index is 1490. The summed E-state index contributed by atoms with van der Waals surface area (Å²) in [5, 5.41) is 10.0. The van der Waals surface area contributed by atoms with Gasteiger partial charge in [-0.1, -0.05) is 81.8 Å². The highest BCUT2D eigenvalue weighted by atomic mass is 16.5. The molecule has 0 saturated carbocycles. The van der Waals surface area contributed by atoms with E-state index in [1.165, 1.54) is 0 Å². The maximum Gasteiger partial charge on any atom is 0.329 e. The Kier molecular flexibility index (Phi) is 9.64. The van der Waals surface area contributed by atoms with Crippen molar-refractivity contribution in [1.29, 1.82) is 5.26 Å². The van der Waals surface area contributed by atoms with Gasteiger partial charge in [0.2, 0.25) is 5.91 Å². The summed E-state index contributed by atoms with van der Waals surface area (Å²) < 4.78 is 5.70. The van der Waals surface area contributed by atoms with Crippen LogP contribution in [-0.4, -0.2) is 27.8 Å². The van der Waals surface area contributed by atoms with E-state index in [0.717, 1.165) is 46.1 Å². The molecule has 0 spiro atoms. The van der Waals surface area contributed by atoms with Crippen molar-refractivity contribution in [2.45, 2.75) is 59.2 Å². The molecule has 6 nitrogen and oxygen atoms in total. The summed E-state index contributed by atoms with van der Waals surface area (Å²) >= 11 is 0. The predicted octanol–water partition coefficient (Wildman–Crippen LogP) is 7.06. The van der Waals surface area contributed by atoms with Gasteiger partial charge in [-0.3, -0.25) is 4.79 Å². The smallest absolute Gasteiger partial charge is 0.329 e. The zero-order chi connectivity index (χ0) is 28.5. The van der Waals surface area contributed by atoms with Crippen LogP contribution in [0, 0.1) is 17.2 Å². The molecule has 1 atom stereocenters. The zero-order valence-corrected chi connectivity index (χ0v) is 23.3. The van der Waals surface area contributed by atoms with Crippen molar-refractivity contribution in [3.05, 3.63) is 102 Å². The molecular weight excluding hydrogens is 498 g/mol. The maximum absolute atomic E-state index is 13.4. The first kappa shape index (κ1) is 28.5. The van der Waals surface area contributed by atoms with Gasteiger partial charge in [-0.15, -0.1) is 0 Å². The minimum Gasteiger partial charge on any atom is -0.459 e. The first-order valence-corrected chi connectivity index (χ1v) is 13.8. The number of carbonyl (C=O) groups is 2. The molecule has 1 unspecified atom stereocenters. The van der Waals surface area contributed by atoms with Gasteiger partial charge in [0, 0.05) is 23.9 Å². The number of rotatable bonds is 11. The minimum absolute atomic E-state index is 0.0494. The standard InChI is InChI=1S/C34H35N3O3/c1-4-5-11-32(38)37(33(24(2)3)34(39)40-23-26-9-7-6-8-10-26)22-27-14-18-31-29(20-27)17-19-30(36-31)28-15-12-25(21-35)13-16-28/h6-10,12-20,24,33H,4-5,11,22-23H2,1-3H3. The lowest BCUT2D eigenvalue weighted by Gasteiger charge is -2.33. The first-order chi connectivity index (χ1) is 19.4. The largest absolute Gasteiger partial charge is 0.459 e. The topological polar surface area (TPSA) is 83.3 Å². The van der Waals surface area contributed by atoms with E-state index >= 15 is 0 Å². The molecule has 0 aliphatic carbocycles. The third kappa shape index (κ3) is 7.12. The molecule has 204 valence electrons. The molecule has 40 heavy (non-hydrogen) atoms. The molecule has 0 aliphatic heterocycles. The molecule has 6 heteroatoms. The van der Waals surface area contributed by atoms with Gasteiger partial charge in [-0.25, -0.2) is 9.78 Å². The number of pyridine rings is 1. The van der Waals surface area contributed by atoms with E-state index in [9.17, 15) is 9.59 Å². The van der Waals surface area contributed by atoms with Gasteiger partial charge in [0.1, 0.15) is 12.6 Å². The Morgan fingerprint density at radius 3 is 2.38 bits per heavy atom. The monoisotopic (exact) mass is 533 g/mol. The van der Waals surface area contributed by atoms with Crippen LogP contribution in [0.5, 0.6) is 0 Å². The third-order valence-electron chi connectivity index (χ3n) is 6.91. The van der Waals surface area contributed by atoms with Crippen molar-refractivity contribution in [3.63, 3.8) is 0 Å². The van der Waals surface area contributed by atoms with E-state index in [1.807, 2.05) is 93.6 Å². The molecule has 0 radical (unpaired) electrons. The number of hydrogen-bond acceptors (Lipinski definition) is 5. The summed E-state index contributed by atoms with van der Waals surface area (Å²) in [6.07, 6.45) is 2.04. The van der Waals surface area contributed by atoms with E-state index in [4.69, 9.17) is 15.0 Å². The van der Waals surface area contributed by atoms with Crippen LogP contribution in [0.25, 0.3) is 22.2 Å². The molecule has 4 aromatic rings. The van der Waals surface area contributed by atoms with Crippen LogP contribution < -0.4 is 0 Å². The van der Waals surface area contributed by atoms with Gasteiger partial charge in [-0.05, 0) is 53.8 Å². The van der Waals surface area contributed by atoms with Gasteiger partial charge >= 0.3 is 5.97 Å². The van der Waals surface area contributed by atoms with E-state index < -0.39 is 12.0 Å². The molecule has 1 aromatic heterocycles. The van der Waals surface area contributed by atoms with Crippen LogP contribution in [-0.2, 0) is 27.5 Å². The van der Waals surface area contributed by atoms with Gasteiger partial charge in [0.15, 0.2) is 0 Å². The van der Waals surface area contributed by atoms with Crippen LogP contribution in [0.3, 0.4) is 0 Å². The van der Waals surface area contributed by atoms with Crippen molar-refractivity contribution >= 4 is 22.8 Å². The third-order valence-corrected chi connectivity index (χ3v) is 6.91. The maximum atomic E-state index is 13.4. The fourth-order valence-corrected chi connectivity index (χ4v) is 4.73. The molecule has 1 heterocycles. The van der Waals surface area contributed by atoms with E-state index in [-0.39, 0.29) is 18.4 Å². The Hall–Kier alpha value is -4.50. The molecule has 0 bridgehead atoms. The lowest BCUT2D eigenvalue weighted by Crippen LogP contribution is -2.48. The second-order valence-corrected chi connectivity index (χ2v) is 10.3. The predicted molar refractivity (Wildman–Crippen MR) is 157 cm³/mol. The van der Waals surface area contributed by atoms with Gasteiger partial charge in [0.25, 0.3) is 0 Å². The summed E-state index contributed by atoms with van der Waals surface area (Å²) in [7, 11) is 0. The second-order valence-electron chi connectivity index (χ2n) is 10.3. The lowest BCUT2D eigenvalue weighted by atomic mass is 10.00. The van der Waals surface area contributed by atoms with Gasteiger partial charge < -0.3 is 9.64 Å². The van der Waals surface area contributed by atoms with E-state index in [1.54, 1.807) is 17.0 Å². The number of nitriles is 1. The Labute approximate surface area is 236 Å². The van der Waals surface area contributed by atoms with Crippen molar-refractivity contribution in [1.82, 2.24) is 9.88 Å². The summed E-state index contributed by atoms with van der Waals surface area (Å²) in [6, 6.07) is 28.3. The highest BCUT2D eigenvalue weighted by Gasteiger charge is 2.33. The average Bonchev–Trinajstić information content (AvgIpc) is 2.98. The number of unbranched alkanes of at least 4 members (excludes halogenated alkanes) is 1. The second kappa shape index (κ2) is 13.5. The Morgan fingerprint density at radius 2 is 1.70 bits per heavy atom. The first-order valence-electron chi connectivity index (χ1n) is 13.8. The summed E-state index contributed by atoms with van der Waals surface area (Å²) in [5.41, 5.74) is 5.03. The SMILES string of the molecule is CCCCC(=O)N(Cc1ccc2nc(-c3ccc(C#N)cc3)ccc2c1)C(C(=O)OCc1ccccc1)C(C)C. The molecule has 0 fully saturated rings. The normalized spacial score (nSPS) is 11.7. The molecule has 0 N–H and O–H groups in total. The van der Waals surface area contributed by atoms with Crippen molar-refractivity contribution in [2.75, 3.05) is 0 Å². The molecule has 4 rings (SSSR count). The fourth-order valence-electron chi connectivity index (χ4n) is 4.73. The lowest BCUT2D eigenvalue weighted by molar-refractivity contribution is -0.159. The quantitative estimate of drug-likeness (QED) is 0.193. The van der Waals surface area contributed by atoms with Crippen LogP contribution in [0.1, 0.15) is 56.7 Å². The van der Waals surface area contributed by atoms with E-state index in [0.29, 0.717) is 18.5 Å². The van der Waals surface area contributed by atoms with E-state index in [2.05, 4.69) is 6.07 Å². The Balaban J connectivity index is 1.58. The minimum atomic E-state index is -0.694. The number of aromatic nitrogens is 1. The van der Waals surface area contributed by atoms with Gasteiger partial charge in [0.05, 0.1) is 22.8 Å². The summed E-state index contributed by atoms with van der Waals surface area (Å²) in [4.78, 5) is 33.3. The highest BCUT2D eigenvalue weighted by molar-refractivity contribution is 5.85. The molecule has 0 aliphatic rings. The van der Waals surface area contributed by atoms with Crippen molar-refractivity contribution in [3.8, 4) is 17.3 Å². The van der Waals surface area contributed by atoms with Gasteiger partial charge in [-0.2, -0.15) is 5.26 Å². The Morgan fingerprint density at radius 1 is 0.950 bits per heavy atom. The molecule has 0 saturated heterocycles. The highest BCUT2D eigenvalue weighted by Crippen LogP contribution is 2.25. The van der Waals surface area contributed by atoms with Crippen LogP contribution in [0.4, 0.5) is 0 Å². The fraction of sp³-hybridized carbons (Fsp3) is 0.294. The number of carbonyl (C=O) groups excluding carboxylic acids is 2. The van der Waals surface area contributed by atoms with Crippen LogP contribution >= 0.6 is 0 Å². The van der Waals surface area contributed by atoms with Crippen molar-refractivity contribution < 1.29 is 14.3 Å². The number of ether oxygens (including phenoxy) is 1. The zero-order valence-electron chi connectivity index (χ0n) is 23.3. The molecule has 1 amide bonds. The number of nitrogens with zero attached hydrogens (tertiary/aromatic N) is 3. The van der Waals surface area contributed by atoms with Crippen LogP contribution in [0.2, 0.25) is 0 Å². The van der Waals surface area contributed by atoms with Crippen molar-refractivity contribution in [2.24, 2.45) is 5.92 Å². The summed E-state index contributed by atoms with van der Waals surface area (Å²) in [6.45, 7) is 6.42. The number of amides is 1. The number of fused-ring (bicyclic) bond motifs is 1. The van der Waals surface area contributed by atoms with Crippen LogP contribution in [0.15, 0.2) is 84.9 Å². The molecule has 3 aromatic carbocycles. The molecular formula is C34H35N3O3.